The van der Waals surface area contributed by atoms with Crippen LogP contribution in [0.2, 0.25) is 0 Å². The summed E-state index contributed by atoms with van der Waals surface area (Å²) >= 11 is 0. The molecule has 0 aliphatic heterocycles. The SMILES string of the molecule is CCc1cccc(CC)c1Nc1nccc(C(=O)NCCCN(C)C)n1. The van der Waals surface area contributed by atoms with E-state index in [9.17, 15) is 4.79 Å². The van der Waals surface area contributed by atoms with Crippen LogP contribution < -0.4 is 10.6 Å². The van der Waals surface area contributed by atoms with Crippen LogP contribution in [-0.2, 0) is 12.8 Å². The molecule has 1 aromatic carbocycles. The number of benzene rings is 1. The van der Waals surface area contributed by atoms with Gasteiger partial charge in [0, 0.05) is 18.4 Å². The summed E-state index contributed by atoms with van der Waals surface area (Å²) < 4.78 is 0. The van der Waals surface area contributed by atoms with E-state index in [2.05, 4.69) is 57.5 Å². The zero-order valence-corrected chi connectivity index (χ0v) is 16.2. The third-order valence-electron chi connectivity index (χ3n) is 4.19. The number of hydrogen-bond donors (Lipinski definition) is 2. The molecule has 0 saturated heterocycles. The van der Waals surface area contributed by atoms with Crippen molar-refractivity contribution in [2.24, 2.45) is 0 Å². The highest BCUT2D eigenvalue weighted by molar-refractivity contribution is 5.92. The number of anilines is 2. The van der Waals surface area contributed by atoms with Crippen LogP contribution in [0.3, 0.4) is 0 Å². The molecule has 0 radical (unpaired) electrons. The summed E-state index contributed by atoms with van der Waals surface area (Å²) in [5.74, 6) is 0.273. The molecule has 0 aliphatic carbocycles. The summed E-state index contributed by atoms with van der Waals surface area (Å²) in [4.78, 5) is 23.1. The lowest BCUT2D eigenvalue weighted by molar-refractivity contribution is 0.0947. The van der Waals surface area contributed by atoms with Crippen molar-refractivity contribution in [2.75, 3.05) is 32.5 Å². The first kappa shape index (κ1) is 19.8. The molecule has 0 fully saturated rings. The number of nitrogens with one attached hydrogen (secondary N) is 2. The fourth-order valence-electron chi connectivity index (χ4n) is 2.75. The Labute approximate surface area is 156 Å². The molecular formula is C20H29N5O. The third-order valence-corrected chi connectivity index (χ3v) is 4.19. The van der Waals surface area contributed by atoms with Gasteiger partial charge in [0.15, 0.2) is 0 Å². The maximum Gasteiger partial charge on any atom is 0.270 e. The summed E-state index contributed by atoms with van der Waals surface area (Å²) in [5, 5.41) is 6.22. The van der Waals surface area contributed by atoms with Crippen LogP contribution in [-0.4, -0.2) is 48.0 Å². The Hall–Kier alpha value is -2.47. The standard InChI is InChI=1S/C20H29N5O/c1-5-15-9-7-10-16(6-2)18(15)24-20-22-13-11-17(23-20)19(26)21-12-8-14-25(3)4/h7,9-11,13H,5-6,8,12,14H2,1-4H3,(H,21,26)(H,22,23,24). The first-order valence-corrected chi connectivity index (χ1v) is 9.18. The number of carbonyl (C=O) groups is 1. The first-order chi connectivity index (χ1) is 12.5. The molecule has 0 saturated carbocycles. The number of aryl methyl sites for hydroxylation is 2. The second-order valence-corrected chi connectivity index (χ2v) is 6.46. The second-order valence-electron chi connectivity index (χ2n) is 6.46. The molecule has 6 nitrogen and oxygen atoms in total. The quantitative estimate of drug-likeness (QED) is 0.677. The highest BCUT2D eigenvalue weighted by Gasteiger charge is 2.11. The molecule has 0 bridgehead atoms. The molecule has 26 heavy (non-hydrogen) atoms. The Bertz CT molecular complexity index is 708. The van der Waals surface area contributed by atoms with Crippen molar-refractivity contribution in [1.29, 1.82) is 0 Å². The minimum atomic E-state index is -0.173. The van der Waals surface area contributed by atoms with Gasteiger partial charge in [0.1, 0.15) is 5.69 Å². The molecule has 1 heterocycles. The molecule has 1 amide bonds. The minimum Gasteiger partial charge on any atom is -0.351 e. The van der Waals surface area contributed by atoms with Gasteiger partial charge in [-0.15, -0.1) is 0 Å². The lowest BCUT2D eigenvalue weighted by Gasteiger charge is -2.14. The number of carbonyl (C=O) groups excluding carboxylic acids is 1. The van der Waals surface area contributed by atoms with Crippen molar-refractivity contribution in [2.45, 2.75) is 33.1 Å². The molecule has 0 spiro atoms. The first-order valence-electron chi connectivity index (χ1n) is 9.18. The van der Waals surface area contributed by atoms with Gasteiger partial charge in [0.25, 0.3) is 5.91 Å². The number of amides is 1. The van der Waals surface area contributed by atoms with E-state index in [1.54, 1.807) is 12.3 Å². The largest absolute Gasteiger partial charge is 0.351 e. The highest BCUT2D eigenvalue weighted by Crippen LogP contribution is 2.25. The Morgan fingerprint density at radius 2 is 1.81 bits per heavy atom. The number of para-hydroxylation sites is 1. The molecule has 1 aromatic heterocycles. The van der Waals surface area contributed by atoms with Gasteiger partial charge >= 0.3 is 0 Å². The van der Waals surface area contributed by atoms with E-state index in [0.717, 1.165) is 31.5 Å². The number of nitrogens with zero attached hydrogens (tertiary/aromatic N) is 3. The Kier molecular flexibility index (Phi) is 7.53. The van der Waals surface area contributed by atoms with Crippen LogP contribution in [0.4, 0.5) is 11.6 Å². The maximum absolute atomic E-state index is 12.3. The van der Waals surface area contributed by atoms with Gasteiger partial charge in [0.05, 0.1) is 0 Å². The number of aromatic nitrogens is 2. The maximum atomic E-state index is 12.3. The summed E-state index contributed by atoms with van der Waals surface area (Å²) in [6.07, 6.45) is 4.35. The fourth-order valence-corrected chi connectivity index (χ4v) is 2.75. The van der Waals surface area contributed by atoms with Crippen LogP contribution in [0.1, 0.15) is 41.9 Å². The summed E-state index contributed by atoms with van der Waals surface area (Å²) in [6.45, 7) is 5.81. The van der Waals surface area contributed by atoms with E-state index in [1.807, 2.05) is 14.1 Å². The van der Waals surface area contributed by atoms with E-state index < -0.39 is 0 Å². The summed E-state index contributed by atoms with van der Waals surface area (Å²) in [5.41, 5.74) is 3.85. The summed E-state index contributed by atoms with van der Waals surface area (Å²) in [6, 6.07) is 7.91. The second kappa shape index (κ2) is 9.87. The van der Waals surface area contributed by atoms with Crippen LogP contribution in [0.5, 0.6) is 0 Å². The zero-order chi connectivity index (χ0) is 18.9. The highest BCUT2D eigenvalue weighted by atomic mass is 16.1. The Morgan fingerprint density at radius 1 is 1.12 bits per heavy atom. The average molecular weight is 355 g/mol. The van der Waals surface area contributed by atoms with E-state index in [0.29, 0.717) is 18.2 Å². The van der Waals surface area contributed by atoms with Crippen LogP contribution in [0, 0.1) is 0 Å². The minimum absolute atomic E-state index is 0.173. The fraction of sp³-hybridized carbons (Fsp3) is 0.450. The predicted octanol–water partition coefficient (Wildman–Crippen LogP) is 3.03. The molecule has 0 unspecified atom stereocenters. The van der Waals surface area contributed by atoms with E-state index in [1.165, 1.54) is 11.1 Å². The predicted molar refractivity (Wildman–Crippen MR) is 106 cm³/mol. The lowest BCUT2D eigenvalue weighted by atomic mass is 10.0. The van der Waals surface area contributed by atoms with Crippen molar-refractivity contribution in [1.82, 2.24) is 20.2 Å². The van der Waals surface area contributed by atoms with Crippen LogP contribution in [0.15, 0.2) is 30.5 Å². The lowest BCUT2D eigenvalue weighted by Crippen LogP contribution is -2.28. The molecule has 140 valence electrons. The molecule has 0 atom stereocenters. The van der Waals surface area contributed by atoms with Gasteiger partial charge in [-0.25, -0.2) is 9.97 Å². The summed E-state index contributed by atoms with van der Waals surface area (Å²) in [7, 11) is 4.03. The molecule has 6 heteroatoms. The number of rotatable bonds is 9. The Morgan fingerprint density at radius 3 is 2.42 bits per heavy atom. The topological polar surface area (TPSA) is 70.2 Å². The molecular weight excluding hydrogens is 326 g/mol. The normalized spacial score (nSPS) is 10.8. The third kappa shape index (κ3) is 5.52. The molecule has 2 aromatic rings. The van der Waals surface area contributed by atoms with Crippen molar-refractivity contribution >= 4 is 17.5 Å². The van der Waals surface area contributed by atoms with Gasteiger partial charge in [-0.05, 0) is 57.1 Å². The number of hydrogen-bond acceptors (Lipinski definition) is 5. The smallest absolute Gasteiger partial charge is 0.270 e. The van der Waals surface area contributed by atoms with Crippen LogP contribution in [0.25, 0.3) is 0 Å². The van der Waals surface area contributed by atoms with Gasteiger partial charge in [-0.1, -0.05) is 32.0 Å². The molecule has 2 rings (SSSR count). The van der Waals surface area contributed by atoms with E-state index >= 15 is 0 Å². The Balaban J connectivity index is 2.09. The van der Waals surface area contributed by atoms with Gasteiger partial charge in [0.2, 0.25) is 5.95 Å². The van der Waals surface area contributed by atoms with Crippen LogP contribution >= 0.6 is 0 Å². The van der Waals surface area contributed by atoms with E-state index in [-0.39, 0.29) is 5.91 Å². The van der Waals surface area contributed by atoms with Gasteiger partial charge in [-0.2, -0.15) is 0 Å². The monoisotopic (exact) mass is 355 g/mol. The molecule has 0 aliphatic rings. The van der Waals surface area contributed by atoms with E-state index in [4.69, 9.17) is 0 Å². The van der Waals surface area contributed by atoms with Gasteiger partial charge < -0.3 is 15.5 Å². The van der Waals surface area contributed by atoms with Crippen molar-refractivity contribution in [3.8, 4) is 0 Å². The van der Waals surface area contributed by atoms with Crippen molar-refractivity contribution < 1.29 is 4.79 Å². The van der Waals surface area contributed by atoms with Crippen molar-refractivity contribution in [3.05, 3.63) is 47.3 Å². The zero-order valence-electron chi connectivity index (χ0n) is 16.2. The van der Waals surface area contributed by atoms with Gasteiger partial charge in [-0.3, -0.25) is 4.79 Å². The van der Waals surface area contributed by atoms with Crippen molar-refractivity contribution in [3.63, 3.8) is 0 Å². The average Bonchev–Trinajstić information content (AvgIpc) is 2.65. The molecule has 2 N–H and O–H groups in total.